The first-order valence-electron chi connectivity index (χ1n) is 15.6. The van der Waals surface area contributed by atoms with Gasteiger partial charge in [0.15, 0.2) is 0 Å². The van der Waals surface area contributed by atoms with Gasteiger partial charge in [0.2, 0.25) is 11.8 Å². The normalized spacial score (nSPS) is 17.9. The van der Waals surface area contributed by atoms with Crippen LogP contribution in [-0.2, 0) is 29.1 Å². The predicted octanol–water partition coefficient (Wildman–Crippen LogP) is 5.28. The number of amides is 2. The Labute approximate surface area is 246 Å². The molecule has 0 bridgehead atoms. The van der Waals surface area contributed by atoms with E-state index < -0.39 is 6.04 Å². The largest absolute Gasteiger partial charge is 0.384 e. The second kappa shape index (κ2) is 15.2. The zero-order chi connectivity index (χ0) is 29.2. The van der Waals surface area contributed by atoms with Crippen LogP contribution in [0.15, 0.2) is 48.5 Å². The lowest BCUT2D eigenvalue weighted by atomic mass is 9.76. The molecule has 0 heterocycles. The summed E-state index contributed by atoms with van der Waals surface area (Å²) in [4.78, 5) is 29.2. The molecule has 4 rings (SSSR count). The first-order chi connectivity index (χ1) is 19.9. The number of carbonyl (C=O) groups is 2. The summed E-state index contributed by atoms with van der Waals surface area (Å²) in [5, 5.41) is 10.8. The third-order valence-electron chi connectivity index (χ3n) is 9.34. The van der Waals surface area contributed by atoms with Gasteiger partial charge in [0, 0.05) is 32.1 Å². The smallest absolute Gasteiger partial charge is 0.243 e. The fourth-order valence-corrected chi connectivity index (χ4v) is 6.95. The molecule has 0 aromatic heterocycles. The molecular formula is C34H49N5O2. The summed E-state index contributed by atoms with van der Waals surface area (Å²) in [7, 11) is 0. The molecule has 7 heteroatoms. The van der Waals surface area contributed by atoms with Gasteiger partial charge in [0.25, 0.3) is 0 Å². The van der Waals surface area contributed by atoms with Gasteiger partial charge < -0.3 is 21.7 Å². The Morgan fingerprint density at radius 1 is 0.854 bits per heavy atom. The van der Waals surface area contributed by atoms with E-state index >= 15 is 0 Å². The highest BCUT2D eigenvalue weighted by atomic mass is 16.2. The molecule has 2 atom stereocenters. The molecule has 2 aliphatic carbocycles. The Hall–Kier alpha value is -3.19. The fourth-order valence-electron chi connectivity index (χ4n) is 6.95. The van der Waals surface area contributed by atoms with Gasteiger partial charge in [-0.1, -0.05) is 99.9 Å². The number of hydrogen-bond acceptors (Lipinski definition) is 4. The van der Waals surface area contributed by atoms with Crippen LogP contribution in [0.5, 0.6) is 0 Å². The summed E-state index contributed by atoms with van der Waals surface area (Å²) < 4.78 is 0. The van der Waals surface area contributed by atoms with Crippen LogP contribution < -0.4 is 16.8 Å². The third-order valence-corrected chi connectivity index (χ3v) is 9.34. The summed E-state index contributed by atoms with van der Waals surface area (Å²) in [6, 6.07) is 15.5. The minimum Gasteiger partial charge on any atom is -0.384 e. The molecule has 0 radical (unpaired) electrons. The quantitative estimate of drug-likeness (QED) is 0.208. The summed E-state index contributed by atoms with van der Waals surface area (Å²) in [6.45, 7) is 3.16. The van der Waals surface area contributed by atoms with Crippen LogP contribution in [0, 0.1) is 23.2 Å². The molecule has 2 aromatic rings. The van der Waals surface area contributed by atoms with Gasteiger partial charge in [-0.2, -0.15) is 0 Å². The zero-order valence-electron chi connectivity index (χ0n) is 24.7. The van der Waals surface area contributed by atoms with Gasteiger partial charge in [0.05, 0.1) is 0 Å². The molecule has 222 valence electrons. The second-order valence-corrected chi connectivity index (χ2v) is 12.2. The van der Waals surface area contributed by atoms with E-state index in [1.165, 1.54) is 44.1 Å². The number of nitrogens with one attached hydrogen (secondary N) is 2. The topological polar surface area (TPSA) is 125 Å². The van der Waals surface area contributed by atoms with E-state index in [0.29, 0.717) is 37.0 Å². The number of benzene rings is 2. The van der Waals surface area contributed by atoms with Crippen molar-refractivity contribution >= 4 is 17.6 Å². The Bertz CT molecular complexity index is 1130. The molecule has 6 N–H and O–H groups in total. The van der Waals surface area contributed by atoms with Crippen LogP contribution in [0.25, 0.3) is 0 Å². The fraction of sp³-hybridized carbons (Fsp3) is 0.559. The number of hydrogen-bond donors (Lipinski definition) is 4. The zero-order valence-corrected chi connectivity index (χ0v) is 24.7. The molecular weight excluding hydrogens is 510 g/mol. The van der Waals surface area contributed by atoms with Gasteiger partial charge in [0.1, 0.15) is 11.9 Å². The van der Waals surface area contributed by atoms with Crippen molar-refractivity contribution in [2.75, 3.05) is 6.54 Å². The standard InChI is InChI=1S/C34H49N5O2/c1-24(40)39(23-31(28-8-4-2-5-9-28)20-25-12-14-26(21-35)15-13-25)32(29-10-6-3-7-11-29)34(41)38-22-27-16-18-30(19-17-27)33(36)37/h12-19,28-29,31-32H,2-11,20-23,35H2,1H3,(H3,36,37)(H,38,41)/t31-,32?/m1/s1. The highest BCUT2D eigenvalue weighted by Crippen LogP contribution is 2.35. The minimum atomic E-state index is -0.463. The molecule has 41 heavy (non-hydrogen) atoms. The molecule has 0 saturated heterocycles. The van der Waals surface area contributed by atoms with Gasteiger partial charge in [-0.25, -0.2) is 0 Å². The number of amidine groups is 1. The van der Waals surface area contributed by atoms with Crippen molar-refractivity contribution in [1.82, 2.24) is 10.2 Å². The summed E-state index contributed by atoms with van der Waals surface area (Å²) in [5.74, 6) is 0.982. The number of carbonyl (C=O) groups excluding carboxylic acids is 2. The molecule has 0 aliphatic heterocycles. The average Bonchev–Trinajstić information content (AvgIpc) is 3.00. The van der Waals surface area contributed by atoms with Crippen molar-refractivity contribution in [1.29, 1.82) is 5.41 Å². The molecule has 2 aliphatic rings. The maximum atomic E-state index is 14.0. The van der Waals surface area contributed by atoms with E-state index in [-0.39, 0.29) is 23.6 Å². The van der Waals surface area contributed by atoms with Crippen molar-refractivity contribution in [3.63, 3.8) is 0 Å². The van der Waals surface area contributed by atoms with Crippen molar-refractivity contribution in [2.24, 2.45) is 29.2 Å². The van der Waals surface area contributed by atoms with Crippen molar-refractivity contribution in [2.45, 2.75) is 96.7 Å². The molecule has 2 aromatic carbocycles. The minimum absolute atomic E-state index is 0.0131. The molecule has 7 nitrogen and oxygen atoms in total. The van der Waals surface area contributed by atoms with Crippen molar-refractivity contribution in [3.8, 4) is 0 Å². The molecule has 2 fully saturated rings. The maximum Gasteiger partial charge on any atom is 0.243 e. The highest BCUT2D eigenvalue weighted by Gasteiger charge is 2.38. The van der Waals surface area contributed by atoms with E-state index in [1.807, 2.05) is 17.0 Å². The first kappa shape index (κ1) is 30.8. The summed E-state index contributed by atoms with van der Waals surface area (Å²) in [5.41, 5.74) is 15.4. The van der Waals surface area contributed by atoms with E-state index in [2.05, 4.69) is 29.6 Å². The van der Waals surface area contributed by atoms with E-state index in [9.17, 15) is 9.59 Å². The lowest BCUT2D eigenvalue weighted by Gasteiger charge is -2.41. The van der Waals surface area contributed by atoms with Crippen LogP contribution in [0.3, 0.4) is 0 Å². The average molecular weight is 560 g/mol. The van der Waals surface area contributed by atoms with E-state index in [0.717, 1.165) is 43.2 Å². The SMILES string of the molecule is CC(=O)N(C[C@@H](Cc1ccc(CN)cc1)C1CCCCC1)C(C(=O)NCc1ccc(C(=N)N)cc1)C1CCCCC1. The lowest BCUT2D eigenvalue weighted by Crippen LogP contribution is -2.55. The van der Waals surface area contributed by atoms with Crippen LogP contribution >= 0.6 is 0 Å². The van der Waals surface area contributed by atoms with Gasteiger partial charge in [-0.15, -0.1) is 0 Å². The summed E-state index contributed by atoms with van der Waals surface area (Å²) in [6.07, 6.45) is 12.4. The monoisotopic (exact) mass is 559 g/mol. The Morgan fingerprint density at radius 2 is 1.39 bits per heavy atom. The van der Waals surface area contributed by atoms with Crippen LogP contribution in [0.1, 0.15) is 93.4 Å². The van der Waals surface area contributed by atoms with Gasteiger partial charge >= 0.3 is 0 Å². The molecule has 2 amide bonds. The summed E-state index contributed by atoms with van der Waals surface area (Å²) >= 11 is 0. The van der Waals surface area contributed by atoms with Gasteiger partial charge in [-0.3, -0.25) is 15.0 Å². The molecule has 0 spiro atoms. The number of nitrogen functional groups attached to an aromatic ring is 1. The first-order valence-corrected chi connectivity index (χ1v) is 15.6. The van der Waals surface area contributed by atoms with Crippen LogP contribution in [0.2, 0.25) is 0 Å². The van der Waals surface area contributed by atoms with E-state index in [1.54, 1.807) is 19.1 Å². The Kier molecular flexibility index (Phi) is 11.4. The van der Waals surface area contributed by atoms with Gasteiger partial charge in [-0.05, 0) is 53.7 Å². The second-order valence-electron chi connectivity index (χ2n) is 12.2. The predicted molar refractivity (Wildman–Crippen MR) is 165 cm³/mol. The van der Waals surface area contributed by atoms with Crippen LogP contribution in [0.4, 0.5) is 0 Å². The van der Waals surface area contributed by atoms with Crippen molar-refractivity contribution in [3.05, 3.63) is 70.8 Å². The lowest BCUT2D eigenvalue weighted by molar-refractivity contribution is -0.143. The number of nitrogens with two attached hydrogens (primary N) is 2. The van der Waals surface area contributed by atoms with Crippen LogP contribution in [-0.4, -0.2) is 35.1 Å². The number of rotatable bonds is 12. The maximum absolute atomic E-state index is 14.0. The molecule has 2 saturated carbocycles. The van der Waals surface area contributed by atoms with E-state index in [4.69, 9.17) is 16.9 Å². The Morgan fingerprint density at radius 3 is 1.93 bits per heavy atom. The molecule has 1 unspecified atom stereocenters. The number of nitrogens with zero attached hydrogens (tertiary/aromatic N) is 1. The highest BCUT2D eigenvalue weighted by molar-refractivity contribution is 5.94. The van der Waals surface area contributed by atoms with Crippen molar-refractivity contribution < 1.29 is 9.59 Å². The third kappa shape index (κ3) is 8.65. The Balaban J connectivity index is 1.55.